The average molecular weight is 227 g/mol. The van der Waals surface area contributed by atoms with Gasteiger partial charge in [-0.05, 0) is 31.7 Å². The first kappa shape index (κ1) is 12.3. The fraction of sp³-hybridized carbons (Fsp3) is 1.00. The zero-order valence-corrected chi connectivity index (χ0v) is 10.4. The van der Waals surface area contributed by atoms with Gasteiger partial charge in [-0.25, -0.2) is 0 Å². The maximum absolute atomic E-state index is 9.61. The van der Waals surface area contributed by atoms with Crippen molar-refractivity contribution in [3.63, 3.8) is 0 Å². The highest BCUT2D eigenvalue weighted by molar-refractivity contribution is 4.92. The number of aliphatic hydroxyl groups is 2. The number of hydrogen-bond donors (Lipinski definition) is 2. The number of aliphatic hydroxyl groups excluding tert-OH is 2. The second-order valence-electron chi connectivity index (χ2n) is 5.85. The molecule has 16 heavy (non-hydrogen) atoms. The van der Waals surface area contributed by atoms with Crippen molar-refractivity contribution in [3.8, 4) is 0 Å². The third-order valence-corrected chi connectivity index (χ3v) is 4.72. The Bertz CT molecular complexity index is 226. The van der Waals surface area contributed by atoms with Gasteiger partial charge in [0.1, 0.15) is 0 Å². The first-order chi connectivity index (χ1) is 7.71. The molecule has 1 aliphatic heterocycles. The summed E-state index contributed by atoms with van der Waals surface area (Å²) in [6.45, 7) is 4.88. The molecule has 3 nitrogen and oxygen atoms in total. The quantitative estimate of drug-likeness (QED) is 0.759. The summed E-state index contributed by atoms with van der Waals surface area (Å²) in [5.41, 5.74) is 0.136. The van der Waals surface area contributed by atoms with Gasteiger partial charge in [0, 0.05) is 24.6 Å². The van der Waals surface area contributed by atoms with Gasteiger partial charge < -0.3 is 10.2 Å². The van der Waals surface area contributed by atoms with Crippen LogP contribution < -0.4 is 0 Å². The zero-order chi connectivity index (χ0) is 11.6. The standard InChI is InChI=1S/C13H25NO2/c1-11-4-7-14(12(11)8-15)9-13(10-16)5-2-3-6-13/h11-12,15-16H,2-10H2,1H3. The van der Waals surface area contributed by atoms with Gasteiger partial charge in [0.2, 0.25) is 0 Å². The van der Waals surface area contributed by atoms with E-state index >= 15 is 0 Å². The van der Waals surface area contributed by atoms with Crippen molar-refractivity contribution < 1.29 is 10.2 Å². The average Bonchev–Trinajstić information content (AvgIpc) is 2.88. The lowest BCUT2D eigenvalue weighted by Crippen LogP contribution is -2.43. The normalized spacial score (nSPS) is 34.7. The van der Waals surface area contributed by atoms with E-state index in [4.69, 9.17) is 0 Å². The summed E-state index contributed by atoms with van der Waals surface area (Å²) in [5.74, 6) is 0.599. The lowest BCUT2D eigenvalue weighted by molar-refractivity contribution is 0.0521. The summed E-state index contributed by atoms with van der Waals surface area (Å²) < 4.78 is 0. The number of rotatable bonds is 4. The number of nitrogens with zero attached hydrogens (tertiary/aromatic N) is 1. The molecule has 0 spiro atoms. The largest absolute Gasteiger partial charge is 0.396 e. The van der Waals surface area contributed by atoms with E-state index in [1.807, 2.05) is 0 Å². The molecule has 0 radical (unpaired) electrons. The number of likely N-dealkylation sites (tertiary alicyclic amines) is 1. The Hall–Kier alpha value is -0.120. The molecular weight excluding hydrogens is 202 g/mol. The molecule has 0 aromatic carbocycles. The molecule has 3 heteroatoms. The maximum Gasteiger partial charge on any atom is 0.0589 e. The second kappa shape index (κ2) is 5.03. The van der Waals surface area contributed by atoms with E-state index in [0.29, 0.717) is 18.6 Å². The Morgan fingerprint density at radius 1 is 1.25 bits per heavy atom. The van der Waals surface area contributed by atoms with E-state index in [2.05, 4.69) is 11.8 Å². The van der Waals surface area contributed by atoms with Crippen molar-refractivity contribution in [1.82, 2.24) is 4.90 Å². The first-order valence-corrected chi connectivity index (χ1v) is 6.66. The minimum Gasteiger partial charge on any atom is -0.396 e. The van der Waals surface area contributed by atoms with Crippen molar-refractivity contribution >= 4 is 0 Å². The molecule has 0 aromatic heterocycles. The Labute approximate surface area is 98.5 Å². The molecule has 0 aromatic rings. The van der Waals surface area contributed by atoms with Gasteiger partial charge in [-0.2, -0.15) is 0 Å². The SMILES string of the molecule is CC1CCN(CC2(CO)CCCC2)C1CO. The van der Waals surface area contributed by atoms with Crippen LogP contribution >= 0.6 is 0 Å². The summed E-state index contributed by atoms with van der Waals surface area (Å²) in [6.07, 6.45) is 6.02. The first-order valence-electron chi connectivity index (χ1n) is 6.66. The predicted molar refractivity (Wildman–Crippen MR) is 64.2 cm³/mol. The zero-order valence-electron chi connectivity index (χ0n) is 10.4. The minimum atomic E-state index is 0.136. The van der Waals surface area contributed by atoms with Crippen LogP contribution in [0.1, 0.15) is 39.0 Å². The van der Waals surface area contributed by atoms with Gasteiger partial charge in [0.15, 0.2) is 0 Å². The summed E-state index contributed by atoms with van der Waals surface area (Å²) in [6, 6.07) is 0.323. The highest BCUT2D eigenvalue weighted by atomic mass is 16.3. The van der Waals surface area contributed by atoms with Crippen LogP contribution in [0.5, 0.6) is 0 Å². The molecule has 2 rings (SSSR count). The summed E-state index contributed by atoms with van der Waals surface area (Å²) in [7, 11) is 0. The van der Waals surface area contributed by atoms with Crippen molar-refractivity contribution in [2.24, 2.45) is 11.3 Å². The molecule has 2 unspecified atom stereocenters. The molecule has 1 aliphatic carbocycles. The smallest absolute Gasteiger partial charge is 0.0589 e. The lowest BCUT2D eigenvalue weighted by atomic mass is 9.86. The van der Waals surface area contributed by atoms with E-state index in [9.17, 15) is 10.2 Å². The fourth-order valence-corrected chi connectivity index (χ4v) is 3.50. The fourth-order valence-electron chi connectivity index (χ4n) is 3.50. The van der Waals surface area contributed by atoms with Crippen LogP contribution in [0.15, 0.2) is 0 Å². The van der Waals surface area contributed by atoms with Gasteiger partial charge in [-0.1, -0.05) is 19.8 Å². The molecule has 0 bridgehead atoms. The molecule has 2 N–H and O–H groups in total. The topological polar surface area (TPSA) is 43.7 Å². The Morgan fingerprint density at radius 2 is 1.94 bits per heavy atom. The van der Waals surface area contributed by atoms with Crippen molar-refractivity contribution in [1.29, 1.82) is 0 Å². The highest BCUT2D eigenvalue weighted by Crippen LogP contribution is 2.40. The van der Waals surface area contributed by atoms with Crippen molar-refractivity contribution in [2.45, 2.75) is 45.1 Å². The molecule has 2 atom stereocenters. The third-order valence-electron chi connectivity index (χ3n) is 4.72. The summed E-state index contributed by atoms with van der Waals surface area (Å²) in [4.78, 5) is 2.41. The molecule has 0 amide bonds. The second-order valence-corrected chi connectivity index (χ2v) is 5.85. The van der Waals surface area contributed by atoms with Gasteiger partial charge in [0.05, 0.1) is 6.61 Å². The Kier molecular flexibility index (Phi) is 3.88. The van der Waals surface area contributed by atoms with Crippen LogP contribution in [-0.2, 0) is 0 Å². The third kappa shape index (κ3) is 2.27. The molecule has 1 heterocycles. The van der Waals surface area contributed by atoms with Gasteiger partial charge in [0.25, 0.3) is 0 Å². The van der Waals surface area contributed by atoms with Crippen molar-refractivity contribution in [3.05, 3.63) is 0 Å². The van der Waals surface area contributed by atoms with E-state index in [1.54, 1.807) is 0 Å². The minimum absolute atomic E-state index is 0.136. The van der Waals surface area contributed by atoms with E-state index in [0.717, 1.165) is 25.9 Å². The van der Waals surface area contributed by atoms with Crippen LogP contribution in [0, 0.1) is 11.3 Å². The predicted octanol–water partition coefficient (Wildman–Crippen LogP) is 1.24. The van der Waals surface area contributed by atoms with E-state index < -0.39 is 0 Å². The Balaban J connectivity index is 1.97. The van der Waals surface area contributed by atoms with Gasteiger partial charge in [-0.3, -0.25) is 4.90 Å². The van der Waals surface area contributed by atoms with Crippen LogP contribution in [-0.4, -0.2) is 47.5 Å². The molecule has 1 saturated heterocycles. The maximum atomic E-state index is 9.61. The van der Waals surface area contributed by atoms with Crippen LogP contribution in [0.3, 0.4) is 0 Å². The summed E-state index contributed by atoms with van der Waals surface area (Å²) >= 11 is 0. The van der Waals surface area contributed by atoms with E-state index in [-0.39, 0.29) is 12.0 Å². The molecular formula is C13H25NO2. The highest BCUT2D eigenvalue weighted by Gasteiger charge is 2.39. The Morgan fingerprint density at radius 3 is 2.50 bits per heavy atom. The molecule has 1 saturated carbocycles. The number of hydrogen-bond acceptors (Lipinski definition) is 3. The molecule has 2 fully saturated rings. The van der Waals surface area contributed by atoms with Crippen molar-refractivity contribution in [2.75, 3.05) is 26.3 Å². The lowest BCUT2D eigenvalue weighted by Gasteiger charge is -2.35. The van der Waals surface area contributed by atoms with Gasteiger partial charge in [-0.15, -0.1) is 0 Å². The monoisotopic (exact) mass is 227 g/mol. The van der Waals surface area contributed by atoms with Crippen LogP contribution in [0.4, 0.5) is 0 Å². The van der Waals surface area contributed by atoms with Crippen LogP contribution in [0.2, 0.25) is 0 Å². The van der Waals surface area contributed by atoms with Crippen LogP contribution in [0.25, 0.3) is 0 Å². The van der Waals surface area contributed by atoms with Gasteiger partial charge >= 0.3 is 0 Å². The molecule has 94 valence electrons. The summed E-state index contributed by atoms with van der Waals surface area (Å²) in [5, 5.41) is 19.0. The molecule has 2 aliphatic rings. The van der Waals surface area contributed by atoms with E-state index in [1.165, 1.54) is 19.3 Å².